The van der Waals surface area contributed by atoms with E-state index >= 15 is 0 Å². The maximum atomic E-state index is 12.8. The van der Waals surface area contributed by atoms with Crippen LogP contribution >= 0.6 is 0 Å². The lowest BCUT2D eigenvalue weighted by Gasteiger charge is -2.27. The van der Waals surface area contributed by atoms with Crippen molar-refractivity contribution >= 4 is 34.5 Å². The van der Waals surface area contributed by atoms with Crippen molar-refractivity contribution in [1.29, 1.82) is 5.26 Å². The van der Waals surface area contributed by atoms with Crippen LogP contribution in [0.5, 0.6) is 5.75 Å². The summed E-state index contributed by atoms with van der Waals surface area (Å²) in [5, 5.41) is 13.3. The highest BCUT2D eigenvalue weighted by Crippen LogP contribution is 2.24. The van der Waals surface area contributed by atoms with Gasteiger partial charge < -0.3 is 24.3 Å². The van der Waals surface area contributed by atoms with Crippen LogP contribution in [0.4, 0.5) is 5.69 Å². The van der Waals surface area contributed by atoms with Crippen molar-refractivity contribution in [2.75, 3.05) is 38.2 Å². The molecule has 0 bridgehead atoms. The highest BCUT2D eigenvalue weighted by atomic mass is 16.5. The largest absolute Gasteiger partial charge is 0.494 e. The highest BCUT2D eigenvalue weighted by Gasteiger charge is 2.19. The Morgan fingerprint density at radius 2 is 1.88 bits per heavy atom. The molecule has 1 aliphatic heterocycles. The minimum atomic E-state index is -0.507. The molecular formula is C26H26N4O4. The van der Waals surface area contributed by atoms with E-state index in [0.717, 1.165) is 10.9 Å². The predicted octanol–water partition coefficient (Wildman–Crippen LogP) is 3.44. The minimum absolute atomic E-state index is 0.00771. The van der Waals surface area contributed by atoms with E-state index in [0.29, 0.717) is 49.9 Å². The van der Waals surface area contributed by atoms with Crippen LogP contribution in [0.15, 0.2) is 60.3 Å². The molecule has 0 aliphatic carbocycles. The molecule has 4 rings (SSSR count). The van der Waals surface area contributed by atoms with Crippen LogP contribution < -0.4 is 10.1 Å². The molecule has 3 aromatic rings. The molecule has 1 N–H and O–H groups in total. The third-order valence-electron chi connectivity index (χ3n) is 5.58. The summed E-state index contributed by atoms with van der Waals surface area (Å²) in [5.41, 5.74) is 2.09. The van der Waals surface area contributed by atoms with Crippen molar-refractivity contribution in [3.8, 4) is 11.8 Å². The highest BCUT2D eigenvalue weighted by molar-refractivity contribution is 6.10. The fraction of sp³-hybridized carbons (Fsp3) is 0.269. The van der Waals surface area contributed by atoms with Crippen LogP contribution in [-0.4, -0.2) is 54.2 Å². The third kappa shape index (κ3) is 5.27. The topological polar surface area (TPSA) is 96.6 Å². The number of anilines is 1. The standard InChI is InChI=1S/C26H26N4O4/c1-2-34-22-9-7-21(8-10-22)28-26(32)19(16-27)15-20-17-30(24-6-4-3-5-23(20)24)18-25(31)29-11-13-33-14-12-29/h3-10,15,17H,2,11-14,18H2,1H3,(H,28,32)/b19-15-. The molecule has 8 heteroatoms. The number of morpholine rings is 1. The lowest BCUT2D eigenvalue weighted by atomic mass is 10.1. The molecule has 174 valence electrons. The summed E-state index contributed by atoms with van der Waals surface area (Å²) in [6.07, 6.45) is 3.37. The first kappa shape index (κ1) is 23.1. The number of nitrogens with one attached hydrogen (secondary N) is 1. The summed E-state index contributed by atoms with van der Waals surface area (Å²) in [4.78, 5) is 27.3. The zero-order valence-corrected chi connectivity index (χ0v) is 19.0. The van der Waals surface area contributed by atoms with Gasteiger partial charge in [0.2, 0.25) is 5.91 Å². The number of carbonyl (C=O) groups excluding carboxylic acids is 2. The van der Waals surface area contributed by atoms with Crippen LogP contribution in [0.25, 0.3) is 17.0 Å². The molecule has 1 aromatic heterocycles. The van der Waals surface area contributed by atoms with E-state index < -0.39 is 5.91 Å². The van der Waals surface area contributed by atoms with Crippen molar-refractivity contribution in [2.24, 2.45) is 0 Å². The summed E-state index contributed by atoms with van der Waals surface area (Å²) < 4.78 is 12.6. The van der Waals surface area contributed by atoms with Gasteiger partial charge in [0, 0.05) is 41.4 Å². The average molecular weight is 459 g/mol. The van der Waals surface area contributed by atoms with E-state index in [4.69, 9.17) is 9.47 Å². The average Bonchev–Trinajstić information content (AvgIpc) is 3.21. The van der Waals surface area contributed by atoms with Gasteiger partial charge in [0.15, 0.2) is 0 Å². The smallest absolute Gasteiger partial charge is 0.266 e. The van der Waals surface area contributed by atoms with Gasteiger partial charge in [-0.05, 0) is 43.3 Å². The maximum absolute atomic E-state index is 12.8. The molecule has 0 unspecified atom stereocenters. The fourth-order valence-corrected chi connectivity index (χ4v) is 3.88. The molecule has 0 radical (unpaired) electrons. The molecule has 1 aliphatic rings. The normalized spacial score (nSPS) is 14.0. The molecule has 34 heavy (non-hydrogen) atoms. The van der Waals surface area contributed by atoms with Crippen molar-refractivity contribution in [2.45, 2.75) is 13.5 Å². The second kappa shape index (κ2) is 10.7. The van der Waals surface area contributed by atoms with Crippen LogP contribution in [-0.2, 0) is 20.9 Å². The van der Waals surface area contributed by atoms with E-state index in [1.165, 1.54) is 0 Å². The van der Waals surface area contributed by atoms with Gasteiger partial charge >= 0.3 is 0 Å². The van der Waals surface area contributed by atoms with Gasteiger partial charge in [-0.2, -0.15) is 5.26 Å². The van der Waals surface area contributed by atoms with Gasteiger partial charge in [-0.3, -0.25) is 9.59 Å². The number of hydrogen-bond donors (Lipinski definition) is 1. The zero-order chi connectivity index (χ0) is 23.9. The molecular weight excluding hydrogens is 432 g/mol. The van der Waals surface area contributed by atoms with Gasteiger partial charge in [0.25, 0.3) is 5.91 Å². The number of aromatic nitrogens is 1. The van der Waals surface area contributed by atoms with Crippen molar-refractivity contribution in [3.63, 3.8) is 0 Å². The first-order valence-corrected chi connectivity index (χ1v) is 11.2. The molecule has 0 saturated carbocycles. The van der Waals surface area contributed by atoms with E-state index in [1.807, 2.05) is 48.0 Å². The minimum Gasteiger partial charge on any atom is -0.494 e. The Bertz CT molecular complexity index is 1250. The summed E-state index contributed by atoms with van der Waals surface area (Å²) >= 11 is 0. The first-order chi connectivity index (χ1) is 16.6. The SMILES string of the molecule is CCOc1ccc(NC(=O)/C(C#N)=C\c2cn(CC(=O)N3CCOCC3)c3ccccc23)cc1. The molecule has 8 nitrogen and oxygen atoms in total. The van der Waals surface area contributed by atoms with E-state index in [2.05, 4.69) is 5.32 Å². The summed E-state index contributed by atoms with van der Waals surface area (Å²) in [5.74, 6) is 0.206. The quantitative estimate of drug-likeness (QED) is 0.432. The fourth-order valence-electron chi connectivity index (χ4n) is 3.88. The predicted molar refractivity (Wildman–Crippen MR) is 129 cm³/mol. The number of benzene rings is 2. The zero-order valence-electron chi connectivity index (χ0n) is 19.0. The Hall–Kier alpha value is -4.09. The molecule has 0 atom stereocenters. The maximum Gasteiger partial charge on any atom is 0.266 e. The van der Waals surface area contributed by atoms with Gasteiger partial charge in [0.1, 0.15) is 23.9 Å². The van der Waals surface area contributed by atoms with Crippen LogP contribution in [0.1, 0.15) is 12.5 Å². The Kier molecular flexibility index (Phi) is 7.25. The molecule has 2 amide bonds. The third-order valence-corrected chi connectivity index (χ3v) is 5.58. The Morgan fingerprint density at radius 3 is 2.59 bits per heavy atom. The molecule has 2 aromatic carbocycles. The number of carbonyl (C=O) groups is 2. The Morgan fingerprint density at radius 1 is 1.15 bits per heavy atom. The van der Waals surface area contributed by atoms with E-state index in [1.54, 1.807) is 35.2 Å². The number of hydrogen-bond acceptors (Lipinski definition) is 5. The number of rotatable bonds is 7. The Labute approximate surface area is 198 Å². The first-order valence-electron chi connectivity index (χ1n) is 11.2. The summed E-state index contributed by atoms with van der Waals surface area (Å²) in [6.45, 7) is 4.87. The molecule has 0 spiro atoms. The van der Waals surface area contributed by atoms with Gasteiger partial charge in [0.05, 0.1) is 19.8 Å². The van der Waals surface area contributed by atoms with Crippen molar-refractivity contribution in [1.82, 2.24) is 9.47 Å². The monoisotopic (exact) mass is 458 g/mol. The number of nitriles is 1. The molecule has 1 fully saturated rings. The second-order valence-corrected chi connectivity index (χ2v) is 7.80. The van der Waals surface area contributed by atoms with Gasteiger partial charge in [-0.25, -0.2) is 0 Å². The lowest BCUT2D eigenvalue weighted by molar-refractivity contribution is -0.135. The van der Waals surface area contributed by atoms with Gasteiger partial charge in [-0.15, -0.1) is 0 Å². The van der Waals surface area contributed by atoms with E-state index in [-0.39, 0.29) is 18.0 Å². The molecule has 1 saturated heterocycles. The number of amides is 2. The van der Waals surface area contributed by atoms with Crippen molar-refractivity contribution < 1.29 is 19.1 Å². The molecule has 2 heterocycles. The van der Waals surface area contributed by atoms with Gasteiger partial charge in [-0.1, -0.05) is 18.2 Å². The Balaban J connectivity index is 1.56. The van der Waals surface area contributed by atoms with Crippen LogP contribution in [0, 0.1) is 11.3 Å². The van der Waals surface area contributed by atoms with Crippen molar-refractivity contribution in [3.05, 3.63) is 65.9 Å². The second-order valence-electron chi connectivity index (χ2n) is 7.80. The number of nitrogens with zero attached hydrogens (tertiary/aromatic N) is 3. The lowest BCUT2D eigenvalue weighted by Crippen LogP contribution is -2.42. The number of fused-ring (bicyclic) bond motifs is 1. The van der Waals surface area contributed by atoms with Crippen LogP contribution in [0.3, 0.4) is 0 Å². The van der Waals surface area contributed by atoms with E-state index in [9.17, 15) is 14.9 Å². The number of ether oxygens (including phenoxy) is 2. The number of para-hydroxylation sites is 1. The van der Waals surface area contributed by atoms with Crippen LogP contribution in [0.2, 0.25) is 0 Å². The summed E-state index contributed by atoms with van der Waals surface area (Å²) in [6, 6.07) is 16.6. The summed E-state index contributed by atoms with van der Waals surface area (Å²) in [7, 11) is 0.